The van der Waals surface area contributed by atoms with Crippen LogP contribution in [0.3, 0.4) is 0 Å². The van der Waals surface area contributed by atoms with Gasteiger partial charge in [-0.2, -0.15) is 18.4 Å². The Labute approximate surface area is 182 Å². The molecule has 31 heavy (non-hydrogen) atoms. The zero-order valence-electron chi connectivity index (χ0n) is 17.2. The molecule has 164 valence electrons. The minimum Gasteiger partial charge on any atom is -0.451 e. The van der Waals surface area contributed by atoms with Gasteiger partial charge in [-0.25, -0.2) is 4.79 Å². The number of likely N-dealkylation sites (N-methyl/N-ethyl adjacent to an activating group) is 1. The third-order valence-electron chi connectivity index (χ3n) is 4.45. The lowest BCUT2D eigenvalue weighted by Crippen LogP contribution is -2.27. The summed E-state index contributed by atoms with van der Waals surface area (Å²) < 4.78 is 46.1. The first-order valence-corrected chi connectivity index (χ1v) is 9.29. The number of nitrogens with zero attached hydrogens (tertiary/aromatic N) is 3. The Morgan fingerprint density at radius 3 is 2.45 bits per heavy atom. The molecular formula is C21H19ClF3N3O3. The van der Waals surface area contributed by atoms with E-state index in [1.807, 2.05) is 0 Å². The molecule has 0 aliphatic rings. The molecule has 2 rings (SSSR count). The molecule has 0 N–H and O–H groups in total. The van der Waals surface area contributed by atoms with Gasteiger partial charge in [-0.1, -0.05) is 11.6 Å². The van der Waals surface area contributed by atoms with E-state index in [0.717, 1.165) is 12.1 Å². The minimum absolute atomic E-state index is 0.226. The molecular weight excluding hydrogens is 435 g/mol. The van der Waals surface area contributed by atoms with Gasteiger partial charge in [-0.15, -0.1) is 0 Å². The Kier molecular flexibility index (Phi) is 7.18. The Morgan fingerprint density at radius 1 is 1.26 bits per heavy atom. The predicted octanol–water partition coefficient (Wildman–Crippen LogP) is 4.30. The molecule has 1 aromatic carbocycles. The molecule has 10 heteroatoms. The number of benzene rings is 1. The molecule has 0 radical (unpaired) electrons. The first kappa shape index (κ1) is 24.0. The van der Waals surface area contributed by atoms with Gasteiger partial charge in [0.2, 0.25) is 0 Å². The third-order valence-corrected chi connectivity index (χ3v) is 4.78. The number of rotatable bonds is 5. The second-order valence-corrected chi connectivity index (χ2v) is 7.27. The Hall–Kier alpha value is -3.25. The lowest BCUT2D eigenvalue weighted by Gasteiger charge is -2.14. The van der Waals surface area contributed by atoms with Crippen molar-refractivity contribution in [2.24, 2.45) is 0 Å². The number of halogens is 4. The number of hydrogen-bond donors (Lipinski definition) is 0. The molecule has 1 amide bonds. The highest BCUT2D eigenvalue weighted by Gasteiger charge is 2.33. The highest BCUT2D eigenvalue weighted by molar-refractivity contribution is 6.31. The third kappa shape index (κ3) is 5.47. The summed E-state index contributed by atoms with van der Waals surface area (Å²) in [4.78, 5) is 24.9. The molecule has 0 atom stereocenters. The quantitative estimate of drug-likeness (QED) is 0.384. The van der Waals surface area contributed by atoms with Gasteiger partial charge in [0.1, 0.15) is 11.6 Å². The van der Waals surface area contributed by atoms with Crippen molar-refractivity contribution in [3.8, 4) is 11.8 Å². The van der Waals surface area contributed by atoms with Crippen LogP contribution in [0.1, 0.15) is 22.5 Å². The summed E-state index contributed by atoms with van der Waals surface area (Å²) in [6, 6.07) is 6.87. The Bertz CT molecular complexity index is 1100. The van der Waals surface area contributed by atoms with Gasteiger partial charge >= 0.3 is 12.1 Å². The normalized spacial score (nSPS) is 11.8. The van der Waals surface area contributed by atoms with Gasteiger partial charge in [-0.3, -0.25) is 4.79 Å². The van der Waals surface area contributed by atoms with Crippen LogP contribution in [0, 0.1) is 25.2 Å². The molecule has 0 aliphatic heterocycles. The molecule has 0 saturated heterocycles. The molecule has 0 saturated carbocycles. The molecule has 0 spiro atoms. The number of aryl methyl sites for hydroxylation is 1. The number of carbonyl (C=O) groups is 2. The van der Waals surface area contributed by atoms with Crippen molar-refractivity contribution >= 4 is 29.6 Å². The molecule has 1 heterocycles. The molecule has 0 unspecified atom stereocenters. The Balaban J connectivity index is 2.42. The number of esters is 1. The summed E-state index contributed by atoms with van der Waals surface area (Å²) in [5.41, 5.74) is 0.421. The van der Waals surface area contributed by atoms with Crippen molar-refractivity contribution in [1.29, 1.82) is 5.26 Å². The van der Waals surface area contributed by atoms with E-state index < -0.39 is 35.2 Å². The molecule has 6 nitrogen and oxygen atoms in total. The highest BCUT2D eigenvalue weighted by Crippen LogP contribution is 2.36. The number of aromatic nitrogens is 1. The van der Waals surface area contributed by atoms with E-state index in [2.05, 4.69) is 0 Å². The van der Waals surface area contributed by atoms with E-state index in [1.54, 1.807) is 30.6 Å². The topological polar surface area (TPSA) is 75.3 Å². The number of nitriles is 1. The fraction of sp³-hybridized carbons (Fsp3) is 0.286. The smallest absolute Gasteiger partial charge is 0.417 e. The highest BCUT2D eigenvalue weighted by atomic mass is 35.5. The monoisotopic (exact) mass is 453 g/mol. The van der Waals surface area contributed by atoms with Gasteiger partial charge in [0, 0.05) is 31.2 Å². The van der Waals surface area contributed by atoms with Crippen LogP contribution in [0.2, 0.25) is 5.02 Å². The van der Waals surface area contributed by atoms with Crippen LogP contribution in [-0.2, 0) is 20.5 Å². The van der Waals surface area contributed by atoms with Crippen molar-refractivity contribution in [3.63, 3.8) is 0 Å². The largest absolute Gasteiger partial charge is 0.451 e. The summed E-state index contributed by atoms with van der Waals surface area (Å²) in [6.45, 7) is 2.79. The number of amides is 1. The van der Waals surface area contributed by atoms with Crippen molar-refractivity contribution in [2.45, 2.75) is 20.0 Å². The summed E-state index contributed by atoms with van der Waals surface area (Å²) in [7, 11) is 2.99. The van der Waals surface area contributed by atoms with Crippen LogP contribution >= 0.6 is 11.6 Å². The zero-order chi connectivity index (χ0) is 23.5. The van der Waals surface area contributed by atoms with E-state index in [-0.39, 0.29) is 11.3 Å². The van der Waals surface area contributed by atoms with E-state index in [0.29, 0.717) is 17.0 Å². The molecule has 1 aromatic heterocycles. The number of carbonyl (C=O) groups excluding carboxylic acids is 2. The average molecular weight is 454 g/mol. The van der Waals surface area contributed by atoms with Crippen molar-refractivity contribution in [3.05, 3.63) is 57.4 Å². The average Bonchev–Trinajstić information content (AvgIpc) is 2.96. The maximum absolute atomic E-state index is 13.2. The van der Waals surface area contributed by atoms with Gasteiger partial charge in [0.05, 0.1) is 10.6 Å². The first-order valence-electron chi connectivity index (χ1n) is 8.92. The molecule has 0 fully saturated rings. The summed E-state index contributed by atoms with van der Waals surface area (Å²) in [6.07, 6.45) is -3.35. The Morgan fingerprint density at radius 2 is 1.90 bits per heavy atom. The second-order valence-electron chi connectivity index (χ2n) is 6.86. The summed E-state index contributed by atoms with van der Waals surface area (Å²) in [5, 5.41) is 8.90. The van der Waals surface area contributed by atoms with Crippen LogP contribution in [0.4, 0.5) is 13.2 Å². The molecule has 0 aliphatic carbocycles. The van der Waals surface area contributed by atoms with Gasteiger partial charge in [-0.05, 0) is 49.8 Å². The van der Waals surface area contributed by atoms with Crippen LogP contribution in [0.15, 0.2) is 29.8 Å². The second kappa shape index (κ2) is 9.27. The van der Waals surface area contributed by atoms with E-state index >= 15 is 0 Å². The predicted molar refractivity (Wildman–Crippen MR) is 108 cm³/mol. The summed E-state index contributed by atoms with van der Waals surface area (Å²) >= 11 is 5.69. The van der Waals surface area contributed by atoms with Crippen LogP contribution in [0.5, 0.6) is 0 Å². The number of alkyl halides is 3. The van der Waals surface area contributed by atoms with E-state index in [9.17, 15) is 28.0 Å². The van der Waals surface area contributed by atoms with Gasteiger partial charge < -0.3 is 14.2 Å². The standard InChI is InChI=1S/C21H19ClF3N3O3/c1-12-7-14(8-15(10-26)20(30)31-11-19(29)27(3)4)13(2)28(12)16-5-6-18(22)17(9-16)21(23,24)25/h5-9H,11H2,1-4H3. The van der Waals surface area contributed by atoms with Crippen LogP contribution in [0.25, 0.3) is 11.8 Å². The van der Waals surface area contributed by atoms with E-state index in [1.165, 1.54) is 31.1 Å². The first-order chi connectivity index (χ1) is 14.4. The van der Waals surface area contributed by atoms with Crippen molar-refractivity contribution in [2.75, 3.05) is 20.7 Å². The fourth-order valence-electron chi connectivity index (χ4n) is 2.83. The number of ether oxygens (including phenoxy) is 1. The van der Waals surface area contributed by atoms with Gasteiger partial charge in [0.25, 0.3) is 5.91 Å². The lowest BCUT2D eigenvalue weighted by molar-refractivity contribution is -0.147. The van der Waals surface area contributed by atoms with Crippen LogP contribution in [-0.4, -0.2) is 42.0 Å². The molecule has 0 bridgehead atoms. The zero-order valence-corrected chi connectivity index (χ0v) is 17.9. The lowest BCUT2D eigenvalue weighted by atomic mass is 10.1. The fourth-order valence-corrected chi connectivity index (χ4v) is 3.05. The SMILES string of the molecule is Cc1cc(C=C(C#N)C(=O)OCC(=O)N(C)C)c(C)n1-c1ccc(Cl)c(C(F)(F)F)c1. The van der Waals surface area contributed by atoms with E-state index in [4.69, 9.17) is 16.3 Å². The minimum atomic E-state index is -4.62. The molecule has 2 aromatic rings. The van der Waals surface area contributed by atoms with Crippen LogP contribution < -0.4 is 0 Å². The van der Waals surface area contributed by atoms with Crippen molar-refractivity contribution in [1.82, 2.24) is 9.47 Å². The number of hydrogen-bond acceptors (Lipinski definition) is 4. The maximum Gasteiger partial charge on any atom is 0.417 e. The maximum atomic E-state index is 13.2. The van der Waals surface area contributed by atoms with Crippen molar-refractivity contribution < 1.29 is 27.5 Å². The van der Waals surface area contributed by atoms with Gasteiger partial charge in [0.15, 0.2) is 6.61 Å². The summed E-state index contributed by atoms with van der Waals surface area (Å²) in [5.74, 6) is -1.43.